The molecule has 1 heteroatoms. The molecule has 0 aliphatic carbocycles. The zero-order valence-corrected chi connectivity index (χ0v) is 6.26. The van der Waals surface area contributed by atoms with Crippen LogP contribution in [0.3, 0.4) is 0 Å². The third-order valence-electron chi connectivity index (χ3n) is 1.80. The molecule has 1 heterocycles. The van der Waals surface area contributed by atoms with Gasteiger partial charge in [0.2, 0.25) is 0 Å². The van der Waals surface area contributed by atoms with Crippen LogP contribution >= 0.6 is 0 Å². The van der Waals surface area contributed by atoms with Crippen LogP contribution in [0.15, 0.2) is 16.6 Å². The highest BCUT2D eigenvalue weighted by atomic mass is 14.8. The second-order valence-corrected chi connectivity index (χ2v) is 2.79. The summed E-state index contributed by atoms with van der Waals surface area (Å²) in [7, 11) is 0. The van der Waals surface area contributed by atoms with Gasteiger partial charge in [0.1, 0.15) is 0 Å². The number of allylic oxidation sites excluding steroid dienone is 1. The first-order valence-corrected chi connectivity index (χ1v) is 3.42. The fourth-order valence-corrected chi connectivity index (χ4v) is 0.968. The molecular formula is C8H13N. The van der Waals surface area contributed by atoms with E-state index in [0.29, 0.717) is 12.0 Å². The van der Waals surface area contributed by atoms with E-state index >= 15 is 0 Å². The second kappa shape index (κ2) is 2.34. The molecule has 1 nitrogen and oxygen atoms in total. The van der Waals surface area contributed by atoms with E-state index in [1.807, 2.05) is 6.21 Å². The summed E-state index contributed by atoms with van der Waals surface area (Å²) >= 11 is 0. The van der Waals surface area contributed by atoms with Crippen molar-refractivity contribution in [2.45, 2.75) is 26.8 Å². The van der Waals surface area contributed by atoms with E-state index in [2.05, 4.69) is 31.8 Å². The lowest BCUT2D eigenvalue weighted by molar-refractivity contribution is 0.578. The summed E-state index contributed by atoms with van der Waals surface area (Å²) in [6.45, 7) is 6.43. The molecule has 0 amide bonds. The standard InChI is InChI=1S/C8H13N/c1-6-4-7(2)8(3)9-5-6/h4-5,7-8H,1-3H3. The summed E-state index contributed by atoms with van der Waals surface area (Å²) in [5.74, 6) is 0.620. The summed E-state index contributed by atoms with van der Waals surface area (Å²) in [6.07, 6.45) is 4.21. The predicted octanol–water partition coefficient (Wildman–Crippen LogP) is 2.04. The van der Waals surface area contributed by atoms with Crippen LogP contribution in [0.4, 0.5) is 0 Å². The zero-order valence-electron chi connectivity index (χ0n) is 6.26. The fourth-order valence-electron chi connectivity index (χ4n) is 0.968. The van der Waals surface area contributed by atoms with Gasteiger partial charge < -0.3 is 0 Å². The van der Waals surface area contributed by atoms with Gasteiger partial charge >= 0.3 is 0 Å². The quantitative estimate of drug-likeness (QED) is 0.467. The topological polar surface area (TPSA) is 12.4 Å². The van der Waals surface area contributed by atoms with E-state index in [0.717, 1.165) is 0 Å². The molecule has 2 atom stereocenters. The van der Waals surface area contributed by atoms with E-state index in [1.165, 1.54) is 5.57 Å². The van der Waals surface area contributed by atoms with E-state index in [9.17, 15) is 0 Å². The lowest BCUT2D eigenvalue weighted by Crippen LogP contribution is -2.13. The number of hydrogen-bond acceptors (Lipinski definition) is 1. The van der Waals surface area contributed by atoms with Gasteiger partial charge in [-0.2, -0.15) is 0 Å². The minimum atomic E-state index is 0.480. The third-order valence-corrected chi connectivity index (χ3v) is 1.80. The van der Waals surface area contributed by atoms with E-state index in [1.54, 1.807) is 0 Å². The number of hydrogen-bond donors (Lipinski definition) is 0. The van der Waals surface area contributed by atoms with E-state index < -0.39 is 0 Å². The largest absolute Gasteiger partial charge is 0.289 e. The summed E-state index contributed by atoms with van der Waals surface area (Å²) in [5, 5.41) is 0. The molecule has 0 radical (unpaired) electrons. The van der Waals surface area contributed by atoms with Crippen molar-refractivity contribution in [3.63, 3.8) is 0 Å². The van der Waals surface area contributed by atoms with Gasteiger partial charge in [-0.15, -0.1) is 0 Å². The molecule has 0 bridgehead atoms. The Hall–Kier alpha value is -0.590. The summed E-state index contributed by atoms with van der Waals surface area (Å²) in [5.41, 5.74) is 1.29. The lowest BCUT2D eigenvalue weighted by atomic mass is 9.99. The van der Waals surface area contributed by atoms with Crippen LogP contribution in [0, 0.1) is 5.92 Å². The first kappa shape index (κ1) is 6.53. The predicted molar refractivity (Wildman–Crippen MR) is 40.9 cm³/mol. The number of aliphatic imine (C=N–C) groups is 1. The van der Waals surface area contributed by atoms with Gasteiger partial charge in [0.15, 0.2) is 0 Å². The highest BCUT2D eigenvalue weighted by Gasteiger charge is 2.09. The Morgan fingerprint density at radius 1 is 1.44 bits per heavy atom. The molecule has 0 aromatic heterocycles. The first-order chi connectivity index (χ1) is 4.20. The van der Waals surface area contributed by atoms with Crippen molar-refractivity contribution >= 4 is 6.21 Å². The molecule has 50 valence electrons. The Bertz CT molecular complexity index is 156. The molecule has 1 aliphatic rings. The van der Waals surface area contributed by atoms with Crippen molar-refractivity contribution in [1.82, 2.24) is 0 Å². The van der Waals surface area contributed by atoms with Gasteiger partial charge in [0.25, 0.3) is 0 Å². The normalized spacial score (nSPS) is 34.3. The molecule has 0 aromatic carbocycles. The van der Waals surface area contributed by atoms with Gasteiger partial charge in [-0.05, 0) is 25.3 Å². The SMILES string of the molecule is CC1=CC(C)C(C)N=C1. The molecule has 9 heavy (non-hydrogen) atoms. The molecule has 2 unspecified atom stereocenters. The van der Waals surface area contributed by atoms with Gasteiger partial charge in [-0.25, -0.2) is 0 Å². The highest BCUT2D eigenvalue weighted by molar-refractivity contribution is 5.78. The Balaban J connectivity index is 2.70. The maximum atomic E-state index is 4.30. The van der Waals surface area contributed by atoms with E-state index in [-0.39, 0.29) is 0 Å². The minimum absolute atomic E-state index is 0.480. The summed E-state index contributed by atoms with van der Waals surface area (Å²) < 4.78 is 0. The number of rotatable bonds is 0. The van der Waals surface area contributed by atoms with Crippen molar-refractivity contribution in [3.8, 4) is 0 Å². The van der Waals surface area contributed by atoms with Crippen molar-refractivity contribution < 1.29 is 0 Å². The van der Waals surface area contributed by atoms with Crippen LogP contribution in [0.2, 0.25) is 0 Å². The third kappa shape index (κ3) is 1.41. The molecule has 0 fully saturated rings. The monoisotopic (exact) mass is 123 g/mol. The molecule has 0 N–H and O–H groups in total. The number of nitrogens with zero attached hydrogens (tertiary/aromatic N) is 1. The molecule has 0 saturated heterocycles. The van der Waals surface area contributed by atoms with Crippen molar-refractivity contribution in [1.29, 1.82) is 0 Å². The Morgan fingerprint density at radius 2 is 2.11 bits per heavy atom. The van der Waals surface area contributed by atoms with E-state index in [4.69, 9.17) is 0 Å². The molecule has 0 saturated carbocycles. The number of dihydropyridines is 1. The van der Waals surface area contributed by atoms with Gasteiger partial charge in [-0.1, -0.05) is 13.0 Å². The van der Waals surface area contributed by atoms with Gasteiger partial charge in [0.05, 0.1) is 6.04 Å². The van der Waals surface area contributed by atoms with Crippen molar-refractivity contribution in [2.24, 2.45) is 10.9 Å². The van der Waals surface area contributed by atoms with Crippen LogP contribution in [-0.2, 0) is 0 Å². The zero-order chi connectivity index (χ0) is 6.85. The maximum absolute atomic E-state index is 4.30. The van der Waals surface area contributed by atoms with Crippen LogP contribution in [0.25, 0.3) is 0 Å². The highest BCUT2D eigenvalue weighted by Crippen LogP contribution is 2.14. The second-order valence-electron chi connectivity index (χ2n) is 2.79. The molecule has 1 rings (SSSR count). The molecule has 0 aromatic rings. The molecule has 0 spiro atoms. The van der Waals surface area contributed by atoms with Crippen LogP contribution in [-0.4, -0.2) is 12.3 Å². The molecule has 1 aliphatic heterocycles. The van der Waals surface area contributed by atoms with Crippen molar-refractivity contribution in [2.75, 3.05) is 0 Å². The maximum Gasteiger partial charge on any atom is 0.0531 e. The Kier molecular flexibility index (Phi) is 1.70. The van der Waals surface area contributed by atoms with Crippen molar-refractivity contribution in [3.05, 3.63) is 11.6 Å². The minimum Gasteiger partial charge on any atom is -0.289 e. The average molecular weight is 123 g/mol. The van der Waals surface area contributed by atoms with Crippen LogP contribution in [0.5, 0.6) is 0 Å². The Morgan fingerprint density at radius 3 is 2.56 bits per heavy atom. The summed E-state index contributed by atoms with van der Waals surface area (Å²) in [6, 6.07) is 0.480. The van der Waals surface area contributed by atoms with Crippen LogP contribution in [0.1, 0.15) is 20.8 Å². The Labute approximate surface area is 56.5 Å². The van der Waals surface area contributed by atoms with Gasteiger partial charge in [-0.3, -0.25) is 4.99 Å². The van der Waals surface area contributed by atoms with Gasteiger partial charge in [0, 0.05) is 6.21 Å². The molecular weight excluding hydrogens is 110 g/mol. The summed E-state index contributed by atoms with van der Waals surface area (Å²) in [4.78, 5) is 4.30. The fraction of sp³-hybridized carbons (Fsp3) is 0.625. The smallest absolute Gasteiger partial charge is 0.0531 e. The lowest BCUT2D eigenvalue weighted by Gasteiger charge is -2.16. The average Bonchev–Trinajstić information content (AvgIpc) is 1.80. The first-order valence-electron chi connectivity index (χ1n) is 3.42. The van der Waals surface area contributed by atoms with Crippen LogP contribution < -0.4 is 0 Å².